The molecule has 3 N–H and O–H groups in total. The number of carbonyl (C=O) groups is 2. The third kappa shape index (κ3) is 6.25. The predicted octanol–water partition coefficient (Wildman–Crippen LogP) is 5.80. The highest BCUT2D eigenvalue weighted by Gasteiger charge is 2.27. The fourth-order valence-corrected chi connectivity index (χ4v) is 3.99. The molecule has 31 heavy (non-hydrogen) atoms. The Bertz CT molecular complexity index is 1060. The predicted molar refractivity (Wildman–Crippen MR) is 129 cm³/mol. The first-order valence-electron chi connectivity index (χ1n) is 9.59. The third-order valence-corrected chi connectivity index (χ3v) is 6.48. The topological polar surface area (TPSA) is 96.0 Å². The maximum atomic E-state index is 12.9. The van der Waals surface area contributed by atoms with Gasteiger partial charge in [0.05, 0.1) is 5.69 Å². The van der Waals surface area contributed by atoms with E-state index in [0.29, 0.717) is 27.3 Å². The minimum Gasteiger partial charge on any atom is -0.326 e. The highest BCUT2D eigenvalue weighted by Crippen LogP contribution is 2.27. The van der Waals surface area contributed by atoms with Crippen LogP contribution in [0, 0.1) is 5.92 Å². The van der Waals surface area contributed by atoms with Gasteiger partial charge < -0.3 is 10.6 Å². The molecule has 0 saturated carbocycles. The summed E-state index contributed by atoms with van der Waals surface area (Å²) in [5.41, 5.74) is 1.46. The molecule has 0 spiro atoms. The number of nitrogens with zero attached hydrogens (tertiary/aromatic N) is 2. The second-order valence-electron chi connectivity index (χ2n) is 6.85. The molecular formula is C21H21BrClN5O2S. The molecule has 0 bridgehead atoms. The molecule has 3 aromatic rings. The zero-order valence-electron chi connectivity index (χ0n) is 16.9. The lowest BCUT2D eigenvalue weighted by Crippen LogP contribution is -2.49. The first-order valence-corrected chi connectivity index (χ1v) is 11.6. The molecule has 2 atom stereocenters. The van der Waals surface area contributed by atoms with Crippen molar-refractivity contribution in [1.82, 2.24) is 15.5 Å². The van der Waals surface area contributed by atoms with Crippen LogP contribution in [0.15, 0.2) is 53.0 Å². The number of anilines is 2. The van der Waals surface area contributed by atoms with E-state index in [4.69, 9.17) is 11.6 Å². The third-order valence-electron chi connectivity index (χ3n) is 4.65. The maximum Gasteiger partial charge on any atom is 0.319 e. The van der Waals surface area contributed by atoms with Gasteiger partial charge in [0.15, 0.2) is 0 Å². The van der Waals surface area contributed by atoms with Gasteiger partial charge in [0.1, 0.15) is 11.0 Å². The molecule has 0 fully saturated rings. The summed E-state index contributed by atoms with van der Waals surface area (Å²) < 4.78 is 0.748. The van der Waals surface area contributed by atoms with Crippen molar-refractivity contribution in [3.63, 3.8) is 0 Å². The van der Waals surface area contributed by atoms with Gasteiger partial charge in [-0.3, -0.25) is 10.1 Å². The number of para-hydroxylation sites is 1. The van der Waals surface area contributed by atoms with Crippen molar-refractivity contribution >= 4 is 61.6 Å². The van der Waals surface area contributed by atoms with Crippen molar-refractivity contribution in [2.24, 2.45) is 5.92 Å². The SMILES string of the molecule is CC[C@H](C)[C@@H](NC(=O)Nc1ccccc1Br)C(=O)Nc1nnc(-c2ccc(Cl)cc2)s1. The number of nitrogens with one attached hydrogen (secondary N) is 3. The first kappa shape index (κ1) is 23.2. The summed E-state index contributed by atoms with van der Waals surface area (Å²) in [5.74, 6) is -0.441. The molecular weight excluding hydrogens is 502 g/mol. The minimum absolute atomic E-state index is 0.0892. The van der Waals surface area contributed by atoms with Crippen LogP contribution in [0.4, 0.5) is 15.6 Å². The average molecular weight is 523 g/mol. The van der Waals surface area contributed by atoms with Gasteiger partial charge in [-0.05, 0) is 46.1 Å². The van der Waals surface area contributed by atoms with Gasteiger partial charge in [-0.1, -0.05) is 67.5 Å². The molecule has 3 amide bonds. The lowest BCUT2D eigenvalue weighted by atomic mass is 9.98. The highest BCUT2D eigenvalue weighted by atomic mass is 79.9. The second-order valence-corrected chi connectivity index (χ2v) is 9.12. The smallest absolute Gasteiger partial charge is 0.319 e. The molecule has 0 aliphatic carbocycles. The fourth-order valence-electron chi connectivity index (χ4n) is 2.73. The van der Waals surface area contributed by atoms with E-state index in [-0.39, 0.29) is 11.8 Å². The van der Waals surface area contributed by atoms with Gasteiger partial charge >= 0.3 is 6.03 Å². The summed E-state index contributed by atoms with van der Waals surface area (Å²) in [5, 5.41) is 18.1. The van der Waals surface area contributed by atoms with Crippen molar-refractivity contribution in [1.29, 1.82) is 0 Å². The molecule has 1 aromatic heterocycles. The number of hydrogen-bond donors (Lipinski definition) is 3. The molecule has 162 valence electrons. The van der Waals surface area contributed by atoms with Crippen molar-refractivity contribution in [2.75, 3.05) is 10.6 Å². The zero-order chi connectivity index (χ0) is 22.4. The monoisotopic (exact) mass is 521 g/mol. The van der Waals surface area contributed by atoms with Crippen LogP contribution in [0.25, 0.3) is 10.6 Å². The first-order chi connectivity index (χ1) is 14.9. The van der Waals surface area contributed by atoms with Gasteiger partial charge in [-0.2, -0.15) is 0 Å². The standard InChI is InChI=1S/C21H21BrClN5O2S/c1-3-12(2)17(25-20(30)24-16-7-5-4-6-15(16)22)18(29)26-21-28-27-19(31-21)13-8-10-14(23)11-9-13/h4-12,17H,3H2,1-2H3,(H2,24,25,30)(H,26,28,29)/t12-,17+/m0/s1. The fraction of sp³-hybridized carbons (Fsp3) is 0.238. The van der Waals surface area contributed by atoms with Crippen LogP contribution in [0.5, 0.6) is 0 Å². The molecule has 0 aliphatic rings. The summed E-state index contributed by atoms with van der Waals surface area (Å²) >= 11 is 10.6. The largest absolute Gasteiger partial charge is 0.326 e. The number of carbonyl (C=O) groups excluding carboxylic acids is 2. The molecule has 0 saturated heterocycles. The Hall–Kier alpha value is -2.49. The van der Waals surface area contributed by atoms with Crippen LogP contribution < -0.4 is 16.0 Å². The molecule has 2 aromatic carbocycles. The Morgan fingerprint density at radius 1 is 1.10 bits per heavy atom. The Kier molecular flexibility index (Phi) is 8.00. The van der Waals surface area contributed by atoms with E-state index in [1.807, 2.05) is 44.2 Å². The van der Waals surface area contributed by atoms with Gasteiger partial charge in [-0.25, -0.2) is 4.79 Å². The highest BCUT2D eigenvalue weighted by molar-refractivity contribution is 9.10. The number of urea groups is 1. The second kappa shape index (κ2) is 10.7. The van der Waals surface area contributed by atoms with E-state index in [0.717, 1.165) is 10.0 Å². The normalized spacial score (nSPS) is 12.6. The molecule has 0 unspecified atom stereocenters. The van der Waals surface area contributed by atoms with Crippen molar-refractivity contribution < 1.29 is 9.59 Å². The van der Waals surface area contributed by atoms with Gasteiger partial charge in [-0.15, -0.1) is 10.2 Å². The van der Waals surface area contributed by atoms with E-state index in [1.54, 1.807) is 18.2 Å². The number of rotatable bonds is 7. The molecule has 1 heterocycles. The Morgan fingerprint density at radius 3 is 2.48 bits per heavy atom. The van der Waals surface area contributed by atoms with Crippen LogP contribution in [-0.2, 0) is 4.79 Å². The van der Waals surface area contributed by atoms with Crippen LogP contribution in [0.1, 0.15) is 20.3 Å². The number of aromatic nitrogens is 2. The summed E-state index contributed by atoms with van der Waals surface area (Å²) in [6.07, 6.45) is 0.708. The Labute approximate surface area is 197 Å². The van der Waals surface area contributed by atoms with Crippen LogP contribution in [0.2, 0.25) is 5.02 Å². The summed E-state index contributed by atoms with van der Waals surface area (Å²) in [6.45, 7) is 3.87. The van der Waals surface area contributed by atoms with E-state index in [1.165, 1.54) is 11.3 Å². The Morgan fingerprint density at radius 2 is 1.81 bits per heavy atom. The molecule has 0 aliphatic heterocycles. The summed E-state index contributed by atoms with van der Waals surface area (Å²) in [7, 11) is 0. The molecule has 3 rings (SSSR count). The van der Waals surface area contributed by atoms with Crippen LogP contribution >= 0.6 is 38.9 Å². The van der Waals surface area contributed by atoms with E-state index < -0.39 is 12.1 Å². The molecule has 0 radical (unpaired) electrons. The van der Waals surface area contributed by atoms with Crippen LogP contribution in [0.3, 0.4) is 0 Å². The number of hydrogen-bond acceptors (Lipinski definition) is 5. The van der Waals surface area contributed by atoms with E-state index >= 15 is 0 Å². The summed E-state index contributed by atoms with van der Waals surface area (Å²) in [6, 6.07) is 13.3. The van der Waals surface area contributed by atoms with Gasteiger partial charge in [0, 0.05) is 15.1 Å². The number of halogens is 2. The minimum atomic E-state index is -0.740. The lowest BCUT2D eigenvalue weighted by Gasteiger charge is -2.23. The molecule has 10 heteroatoms. The Balaban J connectivity index is 1.68. The zero-order valence-corrected chi connectivity index (χ0v) is 20.0. The van der Waals surface area contributed by atoms with Crippen molar-refractivity contribution in [3.05, 3.63) is 58.0 Å². The van der Waals surface area contributed by atoms with Crippen molar-refractivity contribution in [2.45, 2.75) is 26.3 Å². The summed E-state index contributed by atoms with van der Waals surface area (Å²) in [4.78, 5) is 25.4. The quantitative estimate of drug-likeness (QED) is 0.366. The number of benzene rings is 2. The van der Waals surface area contributed by atoms with Crippen LogP contribution in [-0.4, -0.2) is 28.2 Å². The van der Waals surface area contributed by atoms with Gasteiger partial charge in [0.2, 0.25) is 11.0 Å². The van der Waals surface area contributed by atoms with E-state index in [2.05, 4.69) is 42.1 Å². The van der Waals surface area contributed by atoms with E-state index in [9.17, 15) is 9.59 Å². The number of amides is 3. The van der Waals surface area contributed by atoms with Gasteiger partial charge in [0.25, 0.3) is 0 Å². The van der Waals surface area contributed by atoms with Crippen molar-refractivity contribution in [3.8, 4) is 10.6 Å². The lowest BCUT2D eigenvalue weighted by molar-refractivity contribution is -0.119. The maximum absolute atomic E-state index is 12.9. The average Bonchev–Trinajstić information content (AvgIpc) is 3.22. The molecule has 7 nitrogen and oxygen atoms in total.